The zero-order valence-electron chi connectivity index (χ0n) is 12.1. The summed E-state index contributed by atoms with van der Waals surface area (Å²) in [7, 11) is 3.71. The van der Waals surface area contributed by atoms with Crippen molar-refractivity contribution in [3.63, 3.8) is 0 Å². The molecule has 2 aromatic rings. The number of hydrogen-bond acceptors (Lipinski definition) is 5. The Labute approximate surface area is 132 Å². The van der Waals surface area contributed by atoms with Crippen molar-refractivity contribution in [1.82, 2.24) is 10.3 Å². The monoisotopic (exact) mass is 324 g/mol. The number of nitrogens with zero attached hydrogens (tertiary/aromatic N) is 2. The Morgan fingerprint density at radius 1 is 1.48 bits per heavy atom. The van der Waals surface area contributed by atoms with E-state index in [1.165, 1.54) is 11.3 Å². The highest BCUT2D eigenvalue weighted by molar-refractivity contribution is 7.18. The first-order valence-corrected chi connectivity index (χ1v) is 7.58. The molecule has 0 saturated heterocycles. The zero-order valence-corrected chi connectivity index (χ0v) is 13.6. The Hall–Kier alpha value is -1.79. The van der Waals surface area contributed by atoms with E-state index in [4.69, 9.17) is 17.3 Å². The van der Waals surface area contributed by atoms with Crippen molar-refractivity contribution in [3.8, 4) is 0 Å². The van der Waals surface area contributed by atoms with Gasteiger partial charge in [-0.1, -0.05) is 35.1 Å². The minimum absolute atomic E-state index is 0.166. The molecule has 1 unspecified atom stereocenters. The first-order valence-electron chi connectivity index (χ1n) is 6.38. The smallest absolute Gasteiger partial charge is 0.265 e. The Morgan fingerprint density at radius 2 is 2.19 bits per heavy atom. The lowest BCUT2D eigenvalue weighted by molar-refractivity contribution is 0.0944. The van der Waals surface area contributed by atoms with E-state index in [1.807, 2.05) is 44.1 Å². The van der Waals surface area contributed by atoms with Gasteiger partial charge in [-0.2, -0.15) is 0 Å². The molecular weight excluding hydrogens is 308 g/mol. The Bertz CT molecular complexity index is 656. The summed E-state index contributed by atoms with van der Waals surface area (Å²) in [6, 6.07) is 7.22. The standard InChI is InChI=1S/C14H17ClN4OS/c1-8(9-5-4-6-10(15)7-9)17-13(20)11-12(16)18-14(21-11)19(2)3/h4-8H,16H2,1-3H3,(H,17,20). The maximum absolute atomic E-state index is 12.3. The van der Waals surface area contributed by atoms with E-state index in [9.17, 15) is 4.79 Å². The topological polar surface area (TPSA) is 71.2 Å². The predicted molar refractivity (Wildman–Crippen MR) is 88.2 cm³/mol. The first-order chi connectivity index (χ1) is 9.88. The van der Waals surface area contributed by atoms with Gasteiger partial charge >= 0.3 is 0 Å². The highest BCUT2D eigenvalue weighted by Gasteiger charge is 2.19. The van der Waals surface area contributed by atoms with Gasteiger partial charge in [-0.25, -0.2) is 4.98 Å². The Balaban J connectivity index is 2.14. The van der Waals surface area contributed by atoms with Crippen molar-refractivity contribution < 1.29 is 4.79 Å². The number of carbonyl (C=O) groups excluding carboxylic acids is 1. The second-order valence-corrected chi connectivity index (χ2v) is 6.27. The third kappa shape index (κ3) is 3.65. The number of carbonyl (C=O) groups is 1. The van der Waals surface area contributed by atoms with Crippen molar-refractivity contribution in [2.75, 3.05) is 24.7 Å². The second-order valence-electron chi connectivity index (χ2n) is 4.86. The number of hydrogen-bond donors (Lipinski definition) is 2. The van der Waals surface area contributed by atoms with Gasteiger partial charge in [-0.15, -0.1) is 0 Å². The van der Waals surface area contributed by atoms with Crippen molar-refractivity contribution >= 4 is 39.8 Å². The van der Waals surface area contributed by atoms with Crippen LogP contribution in [0.3, 0.4) is 0 Å². The molecule has 0 bridgehead atoms. The van der Waals surface area contributed by atoms with E-state index in [2.05, 4.69) is 10.3 Å². The molecule has 0 aliphatic carbocycles. The van der Waals surface area contributed by atoms with Gasteiger partial charge in [0.1, 0.15) is 10.7 Å². The quantitative estimate of drug-likeness (QED) is 0.907. The van der Waals surface area contributed by atoms with Crippen LogP contribution in [-0.4, -0.2) is 25.0 Å². The number of anilines is 2. The van der Waals surface area contributed by atoms with Crippen molar-refractivity contribution in [1.29, 1.82) is 0 Å². The van der Waals surface area contributed by atoms with Gasteiger partial charge < -0.3 is 16.0 Å². The van der Waals surface area contributed by atoms with Crippen LogP contribution in [0.25, 0.3) is 0 Å². The lowest BCUT2D eigenvalue weighted by Gasteiger charge is -2.14. The van der Waals surface area contributed by atoms with Gasteiger partial charge in [0.2, 0.25) is 0 Å². The molecule has 0 radical (unpaired) electrons. The van der Waals surface area contributed by atoms with Crippen molar-refractivity contribution in [2.45, 2.75) is 13.0 Å². The summed E-state index contributed by atoms with van der Waals surface area (Å²) in [4.78, 5) is 18.7. The molecule has 7 heteroatoms. The number of halogens is 1. The number of amides is 1. The molecule has 1 atom stereocenters. The Morgan fingerprint density at radius 3 is 2.76 bits per heavy atom. The molecular formula is C14H17ClN4OS. The third-order valence-corrected chi connectivity index (χ3v) is 4.40. The molecule has 0 saturated carbocycles. The summed E-state index contributed by atoms with van der Waals surface area (Å²) in [5.41, 5.74) is 6.75. The Kier molecular flexibility index (Phi) is 4.69. The molecule has 1 aromatic carbocycles. The SMILES string of the molecule is CC(NC(=O)c1sc(N(C)C)nc1N)c1cccc(Cl)c1. The van der Waals surface area contributed by atoms with Crippen LogP contribution >= 0.6 is 22.9 Å². The fraction of sp³-hybridized carbons (Fsp3) is 0.286. The number of rotatable bonds is 4. The van der Waals surface area contributed by atoms with Crippen LogP contribution in [-0.2, 0) is 0 Å². The van der Waals surface area contributed by atoms with E-state index in [0.717, 1.165) is 5.56 Å². The van der Waals surface area contributed by atoms with Crippen LogP contribution in [0, 0.1) is 0 Å². The summed E-state index contributed by atoms with van der Waals surface area (Å²) in [6.45, 7) is 1.90. The predicted octanol–water partition coefficient (Wildman–Crippen LogP) is 2.94. The molecule has 3 N–H and O–H groups in total. The number of thiazole rings is 1. The number of nitrogen functional groups attached to an aromatic ring is 1. The summed E-state index contributed by atoms with van der Waals surface area (Å²) < 4.78 is 0. The van der Waals surface area contributed by atoms with Gasteiger partial charge in [0, 0.05) is 19.1 Å². The molecule has 1 amide bonds. The highest BCUT2D eigenvalue weighted by Crippen LogP contribution is 2.27. The largest absolute Gasteiger partial charge is 0.382 e. The maximum atomic E-state index is 12.3. The van der Waals surface area contributed by atoms with Crippen LogP contribution < -0.4 is 16.0 Å². The molecule has 112 valence electrons. The van der Waals surface area contributed by atoms with Gasteiger partial charge in [-0.3, -0.25) is 4.79 Å². The number of nitrogens with one attached hydrogen (secondary N) is 1. The van der Waals surface area contributed by atoms with Crippen molar-refractivity contribution in [2.24, 2.45) is 0 Å². The minimum atomic E-state index is -0.231. The fourth-order valence-electron chi connectivity index (χ4n) is 1.80. The van der Waals surface area contributed by atoms with E-state index in [-0.39, 0.29) is 17.8 Å². The normalized spacial score (nSPS) is 12.0. The minimum Gasteiger partial charge on any atom is -0.382 e. The average Bonchev–Trinajstić information content (AvgIpc) is 2.81. The second kappa shape index (κ2) is 6.32. The molecule has 0 fully saturated rings. The average molecular weight is 325 g/mol. The van der Waals surface area contributed by atoms with E-state index in [0.29, 0.717) is 15.0 Å². The van der Waals surface area contributed by atoms with E-state index in [1.54, 1.807) is 6.07 Å². The molecule has 0 aliphatic rings. The van der Waals surface area contributed by atoms with Crippen LogP contribution in [0.2, 0.25) is 5.02 Å². The lowest BCUT2D eigenvalue weighted by Crippen LogP contribution is -2.26. The summed E-state index contributed by atoms with van der Waals surface area (Å²) in [5, 5.41) is 4.25. The molecule has 1 heterocycles. The summed E-state index contributed by atoms with van der Waals surface area (Å²) in [6.07, 6.45) is 0. The van der Waals surface area contributed by atoms with Crippen LogP contribution in [0.1, 0.15) is 28.2 Å². The zero-order chi connectivity index (χ0) is 15.6. The number of nitrogens with two attached hydrogens (primary N) is 1. The maximum Gasteiger partial charge on any atom is 0.265 e. The van der Waals surface area contributed by atoms with Crippen LogP contribution in [0.15, 0.2) is 24.3 Å². The van der Waals surface area contributed by atoms with Crippen molar-refractivity contribution in [3.05, 3.63) is 39.7 Å². The third-order valence-electron chi connectivity index (χ3n) is 2.93. The summed E-state index contributed by atoms with van der Waals surface area (Å²) in [5.74, 6) is 0.0186. The lowest BCUT2D eigenvalue weighted by atomic mass is 10.1. The molecule has 1 aromatic heterocycles. The van der Waals surface area contributed by atoms with Crippen LogP contribution in [0.4, 0.5) is 10.9 Å². The highest BCUT2D eigenvalue weighted by atomic mass is 35.5. The van der Waals surface area contributed by atoms with E-state index >= 15 is 0 Å². The number of benzene rings is 1. The molecule has 2 rings (SSSR count). The summed E-state index contributed by atoms with van der Waals surface area (Å²) >= 11 is 7.23. The molecule has 0 aliphatic heterocycles. The number of aromatic nitrogens is 1. The van der Waals surface area contributed by atoms with Gasteiger partial charge in [0.15, 0.2) is 5.13 Å². The van der Waals surface area contributed by atoms with E-state index < -0.39 is 0 Å². The van der Waals surface area contributed by atoms with Crippen LogP contribution in [0.5, 0.6) is 0 Å². The molecule has 5 nitrogen and oxygen atoms in total. The van der Waals surface area contributed by atoms with Gasteiger partial charge in [0.05, 0.1) is 6.04 Å². The first kappa shape index (κ1) is 15.6. The van der Waals surface area contributed by atoms with Gasteiger partial charge in [-0.05, 0) is 24.6 Å². The van der Waals surface area contributed by atoms with Gasteiger partial charge in [0.25, 0.3) is 5.91 Å². The molecule has 21 heavy (non-hydrogen) atoms. The molecule has 0 spiro atoms. The fourth-order valence-corrected chi connectivity index (χ4v) is 2.81.